The van der Waals surface area contributed by atoms with Crippen molar-refractivity contribution in [3.63, 3.8) is 0 Å². The SMILES string of the molecule is NC(CC(=O)O)C(F)(F)C(F)(F)C(F)(F)C(F)(F)C(F)(F)F. The highest BCUT2D eigenvalue weighted by molar-refractivity contribution is 5.67. The number of nitrogens with two attached hydrogens (primary N) is 1. The average molecular weight is 357 g/mol. The van der Waals surface area contributed by atoms with Crippen molar-refractivity contribution < 1.29 is 58.2 Å². The first-order valence-electron chi connectivity index (χ1n) is 4.89. The lowest BCUT2D eigenvalue weighted by atomic mass is 9.92. The molecule has 0 amide bonds. The summed E-state index contributed by atoms with van der Waals surface area (Å²) >= 11 is 0. The highest BCUT2D eigenvalue weighted by Crippen LogP contribution is 2.57. The molecule has 0 aromatic rings. The Hall–Kier alpha value is -1.34. The van der Waals surface area contributed by atoms with Gasteiger partial charge in [0.15, 0.2) is 0 Å². The molecule has 0 aromatic heterocycles. The molecular weight excluding hydrogens is 351 g/mol. The zero-order valence-corrected chi connectivity index (χ0v) is 9.87. The van der Waals surface area contributed by atoms with Crippen LogP contribution in [0.5, 0.6) is 0 Å². The minimum absolute atomic E-state index is 2.09. The van der Waals surface area contributed by atoms with Crippen LogP contribution in [0.4, 0.5) is 48.3 Å². The van der Waals surface area contributed by atoms with E-state index in [-0.39, 0.29) is 0 Å². The fourth-order valence-electron chi connectivity index (χ4n) is 1.13. The molecule has 0 aliphatic heterocycles. The lowest BCUT2D eigenvalue weighted by Crippen LogP contribution is -2.69. The maximum atomic E-state index is 13.1. The molecule has 132 valence electrons. The summed E-state index contributed by atoms with van der Waals surface area (Å²) in [6, 6.07) is -3.64. The van der Waals surface area contributed by atoms with Crippen molar-refractivity contribution in [2.45, 2.75) is 42.3 Å². The van der Waals surface area contributed by atoms with Gasteiger partial charge in [-0.3, -0.25) is 4.79 Å². The van der Waals surface area contributed by atoms with Crippen LogP contribution in [0.2, 0.25) is 0 Å². The van der Waals surface area contributed by atoms with Gasteiger partial charge in [-0.05, 0) is 0 Å². The molecule has 0 radical (unpaired) electrons. The first-order valence-corrected chi connectivity index (χ1v) is 4.89. The second-order valence-corrected chi connectivity index (χ2v) is 4.05. The van der Waals surface area contributed by atoms with Gasteiger partial charge in [-0.15, -0.1) is 0 Å². The average Bonchev–Trinajstić information content (AvgIpc) is 2.25. The van der Waals surface area contributed by atoms with E-state index in [1.807, 2.05) is 0 Å². The second-order valence-electron chi connectivity index (χ2n) is 4.05. The van der Waals surface area contributed by atoms with Crippen LogP contribution in [0.15, 0.2) is 0 Å². The lowest BCUT2D eigenvalue weighted by molar-refractivity contribution is -0.423. The molecule has 0 aromatic carbocycles. The van der Waals surface area contributed by atoms with E-state index in [4.69, 9.17) is 5.11 Å². The van der Waals surface area contributed by atoms with E-state index in [0.29, 0.717) is 0 Å². The number of alkyl halides is 11. The molecular formula is C8H6F11NO2. The molecule has 3 N–H and O–H groups in total. The van der Waals surface area contributed by atoms with Gasteiger partial charge in [0, 0.05) is 0 Å². The number of carboxylic acids is 1. The normalized spacial score (nSPS) is 16.5. The van der Waals surface area contributed by atoms with Gasteiger partial charge in [-0.1, -0.05) is 0 Å². The quantitative estimate of drug-likeness (QED) is 0.719. The van der Waals surface area contributed by atoms with Crippen LogP contribution in [-0.2, 0) is 4.79 Å². The zero-order chi connectivity index (χ0) is 18.4. The predicted molar refractivity (Wildman–Crippen MR) is 46.1 cm³/mol. The number of hydrogen-bond donors (Lipinski definition) is 2. The third-order valence-corrected chi connectivity index (χ3v) is 2.42. The van der Waals surface area contributed by atoms with Crippen molar-refractivity contribution in [1.82, 2.24) is 0 Å². The number of carboxylic acid groups (broad SMARTS) is 1. The van der Waals surface area contributed by atoms with Crippen LogP contribution in [0.25, 0.3) is 0 Å². The van der Waals surface area contributed by atoms with Crippen LogP contribution in [0, 0.1) is 0 Å². The molecule has 22 heavy (non-hydrogen) atoms. The van der Waals surface area contributed by atoms with E-state index >= 15 is 0 Å². The Morgan fingerprint density at radius 3 is 1.45 bits per heavy atom. The molecule has 3 nitrogen and oxygen atoms in total. The fourth-order valence-corrected chi connectivity index (χ4v) is 1.13. The maximum Gasteiger partial charge on any atom is 0.460 e. The molecule has 0 aliphatic rings. The summed E-state index contributed by atoms with van der Waals surface area (Å²) in [6.07, 6.45) is -9.36. The molecule has 0 fully saturated rings. The standard InChI is InChI=1S/C8H6F11NO2/c9-4(10,2(20)1-3(21)22)5(11,12)6(13,14)7(15,16)8(17,18)19/h2H,1,20H2,(H,21,22). The first-order chi connectivity index (χ1) is 9.34. The maximum absolute atomic E-state index is 13.1. The van der Waals surface area contributed by atoms with Crippen molar-refractivity contribution in [3.05, 3.63) is 0 Å². The molecule has 14 heteroatoms. The molecule has 0 saturated carbocycles. The molecule has 1 atom stereocenters. The molecule has 0 heterocycles. The number of aliphatic carboxylic acids is 1. The van der Waals surface area contributed by atoms with Crippen molar-refractivity contribution in [2.75, 3.05) is 0 Å². The van der Waals surface area contributed by atoms with Crippen molar-refractivity contribution in [3.8, 4) is 0 Å². The Kier molecular flexibility index (Phi) is 5.06. The lowest BCUT2D eigenvalue weighted by Gasteiger charge is -2.38. The van der Waals surface area contributed by atoms with Gasteiger partial charge in [0.05, 0.1) is 12.5 Å². The predicted octanol–water partition coefficient (Wildman–Crippen LogP) is 2.89. The molecule has 0 aliphatic carbocycles. The highest BCUT2D eigenvalue weighted by Gasteiger charge is 2.87. The van der Waals surface area contributed by atoms with E-state index in [2.05, 4.69) is 5.73 Å². The van der Waals surface area contributed by atoms with E-state index in [9.17, 15) is 53.1 Å². The zero-order valence-electron chi connectivity index (χ0n) is 9.87. The van der Waals surface area contributed by atoms with Gasteiger partial charge in [0.2, 0.25) is 0 Å². The summed E-state index contributed by atoms with van der Waals surface area (Å²) in [5.41, 5.74) is 4.22. The van der Waals surface area contributed by atoms with Crippen LogP contribution < -0.4 is 5.73 Å². The Bertz CT molecular complexity index is 430. The van der Waals surface area contributed by atoms with E-state index < -0.39 is 48.3 Å². The Labute approximate surface area is 113 Å². The molecule has 1 unspecified atom stereocenters. The van der Waals surface area contributed by atoms with Gasteiger partial charge in [-0.25, -0.2) is 0 Å². The van der Waals surface area contributed by atoms with Crippen LogP contribution in [0.1, 0.15) is 6.42 Å². The highest BCUT2D eigenvalue weighted by atomic mass is 19.4. The summed E-state index contributed by atoms with van der Waals surface area (Å²) in [7, 11) is 0. The summed E-state index contributed by atoms with van der Waals surface area (Å²) in [5.74, 6) is -31.1. The minimum Gasteiger partial charge on any atom is -0.481 e. The molecule has 0 saturated heterocycles. The van der Waals surface area contributed by atoms with Crippen LogP contribution in [0.3, 0.4) is 0 Å². The van der Waals surface area contributed by atoms with Gasteiger partial charge in [0.25, 0.3) is 0 Å². The number of halogens is 11. The van der Waals surface area contributed by atoms with Crippen molar-refractivity contribution in [1.29, 1.82) is 0 Å². The monoisotopic (exact) mass is 357 g/mol. The van der Waals surface area contributed by atoms with E-state index in [0.717, 1.165) is 0 Å². The Balaban J connectivity index is 5.94. The minimum atomic E-state index is -7.59. The Morgan fingerprint density at radius 1 is 0.818 bits per heavy atom. The summed E-state index contributed by atoms with van der Waals surface area (Å²) in [5, 5.41) is 8.03. The first kappa shape index (κ1) is 20.7. The number of rotatable bonds is 6. The smallest absolute Gasteiger partial charge is 0.460 e. The van der Waals surface area contributed by atoms with Gasteiger partial charge >= 0.3 is 35.8 Å². The van der Waals surface area contributed by atoms with Crippen LogP contribution >= 0.6 is 0 Å². The van der Waals surface area contributed by atoms with Crippen molar-refractivity contribution >= 4 is 5.97 Å². The summed E-state index contributed by atoms with van der Waals surface area (Å²) < 4.78 is 138. The molecule has 0 spiro atoms. The third-order valence-electron chi connectivity index (χ3n) is 2.42. The molecule has 0 rings (SSSR count). The second kappa shape index (κ2) is 5.38. The van der Waals surface area contributed by atoms with Crippen molar-refractivity contribution in [2.24, 2.45) is 5.73 Å². The number of hydrogen-bond acceptors (Lipinski definition) is 2. The fraction of sp³-hybridized carbons (Fsp3) is 0.875. The van der Waals surface area contributed by atoms with E-state index in [1.165, 1.54) is 0 Å². The summed E-state index contributed by atoms with van der Waals surface area (Å²) in [6.45, 7) is 0. The van der Waals surface area contributed by atoms with Gasteiger partial charge in [-0.2, -0.15) is 48.3 Å². The van der Waals surface area contributed by atoms with Crippen LogP contribution in [-0.4, -0.2) is 47.0 Å². The molecule has 0 bridgehead atoms. The number of carbonyl (C=O) groups is 1. The van der Waals surface area contributed by atoms with Gasteiger partial charge in [0.1, 0.15) is 0 Å². The topological polar surface area (TPSA) is 63.3 Å². The largest absolute Gasteiger partial charge is 0.481 e. The Morgan fingerprint density at radius 2 is 1.18 bits per heavy atom. The van der Waals surface area contributed by atoms with Gasteiger partial charge < -0.3 is 10.8 Å². The van der Waals surface area contributed by atoms with E-state index in [1.54, 1.807) is 0 Å². The summed E-state index contributed by atoms with van der Waals surface area (Å²) in [4.78, 5) is 10.0. The third kappa shape index (κ3) is 2.92.